The molecule has 3 fully saturated rings. The van der Waals surface area contributed by atoms with Gasteiger partial charge in [0.25, 0.3) is 0 Å². The van der Waals surface area contributed by atoms with Gasteiger partial charge in [-0.1, -0.05) is 0 Å². The highest BCUT2D eigenvalue weighted by Crippen LogP contribution is 2.44. The van der Waals surface area contributed by atoms with E-state index in [0.717, 1.165) is 24.7 Å². The van der Waals surface area contributed by atoms with Crippen LogP contribution in [0.25, 0.3) is 0 Å². The Morgan fingerprint density at radius 1 is 0.909 bits per heavy atom. The zero-order chi connectivity index (χ0) is 15.7. The highest BCUT2D eigenvalue weighted by molar-refractivity contribution is 5.80. The smallest absolute Gasteiger partial charge is 0.317 e. The van der Waals surface area contributed by atoms with Crippen molar-refractivity contribution in [1.29, 1.82) is 0 Å². The molecule has 0 spiro atoms. The summed E-state index contributed by atoms with van der Waals surface area (Å²) in [6.45, 7) is 5.31. The molecular formula is C17H29N3O2. The molecule has 0 unspecified atom stereocenters. The van der Waals surface area contributed by atoms with Gasteiger partial charge in [0.2, 0.25) is 5.91 Å². The van der Waals surface area contributed by atoms with Gasteiger partial charge in [-0.2, -0.15) is 0 Å². The molecule has 2 N–H and O–H groups in total. The third kappa shape index (κ3) is 3.93. The average molecular weight is 307 g/mol. The summed E-state index contributed by atoms with van der Waals surface area (Å²) in [6, 6.07) is 0.601. The van der Waals surface area contributed by atoms with Crippen molar-refractivity contribution in [3.8, 4) is 0 Å². The molecule has 5 heteroatoms. The Bertz CT molecular complexity index is 410. The van der Waals surface area contributed by atoms with E-state index in [1.807, 2.05) is 18.7 Å². The summed E-state index contributed by atoms with van der Waals surface area (Å²) in [5.74, 6) is 1.80. The first kappa shape index (κ1) is 15.6. The zero-order valence-electron chi connectivity index (χ0n) is 13.8. The standard InChI is InChI=1S/C17H29N3O2/c1-11(2)18-17(22)20-9-7-14(8-10-20)16(21)19-15(12-3-4-12)13-5-6-13/h11-15H,3-10H2,1-2H3,(H,18,22)(H,19,21). The van der Waals surface area contributed by atoms with Crippen LogP contribution < -0.4 is 10.6 Å². The normalized spacial score (nSPS) is 23.0. The molecule has 1 saturated heterocycles. The molecule has 2 aliphatic carbocycles. The summed E-state index contributed by atoms with van der Waals surface area (Å²) in [6.07, 6.45) is 6.73. The number of carbonyl (C=O) groups is 2. The molecule has 0 radical (unpaired) electrons. The quantitative estimate of drug-likeness (QED) is 0.817. The van der Waals surface area contributed by atoms with Crippen molar-refractivity contribution in [3.05, 3.63) is 0 Å². The Kier molecular flexibility index (Phi) is 4.59. The maximum atomic E-state index is 12.5. The van der Waals surface area contributed by atoms with Crippen LogP contribution >= 0.6 is 0 Å². The first-order valence-electron chi connectivity index (χ1n) is 8.90. The maximum absolute atomic E-state index is 12.5. The Balaban J connectivity index is 1.44. The van der Waals surface area contributed by atoms with Crippen LogP contribution in [0, 0.1) is 17.8 Å². The van der Waals surface area contributed by atoms with E-state index in [4.69, 9.17) is 0 Å². The highest BCUT2D eigenvalue weighted by atomic mass is 16.2. The molecular weight excluding hydrogens is 278 g/mol. The summed E-state index contributed by atoms with van der Waals surface area (Å²) in [4.78, 5) is 26.3. The number of nitrogens with zero attached hydrogens (tertiary/aromatic N) is 1. The van der Waals surface area contributed by atoms with E-state index >= 15 is 0 Å². The maximum Gasteiger partial charge on any atom is 0.317 e. The molecule has 3 rings (SSSR count). The summed E-state index contributed by atoms with van der Waals surface area (Å²) in [5.41, 5.74) is 0. The van der Waals surface area contributed by atoms with E-state index in [1.165, 1.54) is 25.7 Å². The lowest BCUT2D eigenvalue weighted by atomic mass is 9.95. The monoisotopic (exact) mass is 307 g/mol. The second-order valence-electron chi connectivity index (χ2n) is 7.57. The summed E-state index contributed by atoms with van der Waals surface area (Å²) in [7, 11) is 0. The Labute approximate surface area is 133 Å². The van der Waals surface area contributed by atoms with E-state index in [1.54, 1.807) is 0 Å². The minimum absolute atomic E-state index is 0.00250. The summed E-state index contributed by atoms with van der Waals surface area (Å²) < 4.78 is 0. The molecule has 0 aromatic rings. The van der Waals surface area contributed by atoms with E-state index in [-0.39, 0.29) is 23.9 Å². The van der Waals surface area contributed by atoms with Gasteiger partial charge in [-0.3, -0.25) is 4.79 Å². The third-order valence-corrected chi connectivity index (χ3v) is 5.13. The van der Waals surface area contributed by atoms with E-state index in [0.29, 0.717) is 19.1 Å². The Morgan fingerprint density at radius 3 is 1.91 bits per heavy atom. The van der Waals surface area contributed by atoms with Crippen LogP contribution in [-0.4, -0.2) is 42.0 Å². The van der Waals surface area contributed by atoms with Crippen molar-refractivity contribution in [3.63, 3.8) is 0 Å². The van der Waals surface area contributed by atoms with Gasteiger partial charge in [-0.05, 0) is 64.2 Å². The van der Waals surface area contributed by atoms with Crippen LogP contribution in [-0.2, 0) is 4.79 Å². The van der Waals surface area contributed by atoms with Gasteiger partial charge in [0.1, 0.15) is 0 Å². The van der Waals surface area contributed by atoms with Gasteiger partial charge in [0.05, 0.1) is 0 Å². The van der Waals surface area contributed by atoms with Gasteiger partial charge in [0.15, 0.2) is 0 Å². The minimum atomic E-state index is 0.00250. The molecule has 22 heavy (non-hydrogen) atoms. The molecule has 0 atom stereocenters. The largest absolute Gasteiger partial charge is 0.353 e. The molecule has 1 aliphatic heterocycles. The molecule has 0 aromatic heterocycles. The minimum Gasteiger partial charge on any atom is -0.353 e. The number of hydrogen-bond acceptors (Lipinski definition) is 2. The number of likely N-dealkylation sites (tertiary alicyclic amines) is 1. The van der Waals surface area contributed by atoms with E-state index < -0.39 is 0 Å². The topological polar surface area (TPSA) is 61.4 Å². The molecule has 3 aliphatic rings. The fourth-order valence-electron chi connectivity index (χ4n) is 3.50. The molecule has 2 saturated carbocycles. The van der Waals surface area contributed by atoms with Gasteiger partial charge >= 0.3 is 6.03 Å². The van der Waals surface area contributed by atoms with Crippen LogP contribution in [0.2, 0.25) is 0 Å². The first-order valence-corrected chi connectivity index (χ1v) is 8.90. The lowest BCUT2D eigenvalue weighted by Crippen LogP contribution is -2.49. The SMILES string of the molecule is CC(C)NC(=O)N1CCC(C(=O)NC(C2CC2)C2CC2)CC1. The second-order valence-corrected chi connectivity index (χ2v) is 7.57. The summed E-state index contributed by atoms with van der Waals surface area (Å²) >= 11 is 0. The number of nitrogens with one attached hydrogen (secondary N) is 2. The summed E-state index contributed by atoms with van der Waals surface area (Å²) in [5, 5.41) is 6.25. The van der Waals surface area contributed by atoms with Crippen molar-refractivity contribution < 1.29 is 9.59 Å². The van der Waals surface area contributed by atoms with Gasteiger partial charge in [-0.25, -0.2) is 4.79 Å². The van der Waals surface area contributed by atoms with E-state index in [2.05, 4.69) is 10.6 Å². The molecule has 3 amide bonds. The lowest BCUT2D eigenvalue weighted by molar-refractivity contribution is -0.127. The second kappa shape index (κ2) is 6.47. The van der Waals surface area contributed by atoms with E-state index in [9.17, 15) is 9.59 Å². The van der Waals surface area contributed by atoms with Crippen molar-refractivity contribution in [2.45, 2.75) is 64.5 Å². The number of amides is 3. The molecule has 124 valence electrons. The van der Waals surface area contributed by atoms with Crippen molar-refractivity contribution in [2.24, 2.45) is 17.8 Å². The lowest BCUT2D eigenvalue weighted by Gasteiger charge is -2.32. The van der Waals surface area contributed by atoms with Gasteiger partial charge < -0.3 is 15.5 Å². The Morgan fingerprint density at radius 2 is 1.45 bits per heavy atom. The van der Waals surface area contributed by atoms with Crippen LogP contribution in [0.1, 0.15) is 52.4 Å². The predicted octanol–water partition coefficient (Wildman–Crippen LogP) is 2.12. The number of carbonyl (C=O) groups excluding carboxylic acids is 2. The third-order valence-electron chi connectivity index (χ3n) is 5.13. The first-order chi connectivity index (χ1) is 10.5. The van der Waals surface area contributed by atoms with Gasteiger partial charge in [0, 0.05) is 31.1 Å². The van der Waals surface area contributed by atoms with Crippen molar-refractivity contribution in [1.82, 2.24) is 15.5 Å². The van der Waals surface area contributed by atoms with Crippen molar-refractivity contribution >= 4 is 11.9 Å². The fourth-order valence-corrected chi connectivity index (χ4v) is 3.50. The predicted molar refractivity (Wildman–Crippen MR) is 85.3 cm³/mol. The fraction of sp³-hybridized carbons (Fsp3) is 0.882. The van der Waals surface area contributed by atoms with Crippen LogP contribution in [0.3, 0.4) is 0 Å². The zero-order valence-corrected chi connectivity index (χ0v) is 13.8. The number of hydrogen-bond donors (Lipinski definition) is 2. The van der Waals surface area contributed by atoms with Crippen LogP contribution in [0.5, 0.6) is 0 Å². The molecule has 0 aromatic carbocycles. The molecule has 5 nitrogen and oxygen atoms in total. The average Bonchev–Trinajstić information content (AvgIpc) is 3.37. The Hall–Kier alpha value is -1.26. The molecule has 1 heterocycles. The number of rotatable bonds is 5. The number of urea groups is 1. The van der Waals surface area contributed by atoms with Crippen molar-refractivity contribution in [2.75, 3.05) is 13.1 Å². The van der Waals surface area contributed by atoms with Crippen LogP contribution in [0.15, 0.2) is 0 Å². The highest BCUT2D eigenvalue weighted by Gasteiger charge is 2.43. The number of piperidine rings is 1. The van der Waals surface area contributed by atoms with Gasteiger partial charge in [-0.15, -0.1) is 0 Å². The van der Waals surface area contributed by atoms with Crippen LogP contribution in [0.4, 0.5) is 4.79 Å². The molecule has 0 bridgehead atoms.